The lowest BCUT2D eigenvalue weighted by Crippen LogP contribution is -2.37. The average molecular weight is 354 g/mol. The Bertz CT molecular complexity index is 716. The monoisotopic (exact) mass is 354 g/mol. The van der Waals surface area contributed by atoms with Gasteiger partial charge in [-0.1, -0.05) is 30.3 Å². The predicted octanol–water partition coefficient (Wildman–Crippen LogP) is 3.09. The van der Waals surface area contributed by atoms with Crippen LogP contribution >= 0.6 is 0 Å². The SMILES string of the molecule is Cc1cccc(OCCCNC(=O)CC(C)NC(=O)c2ccccc2)c1. The Kier molecular flexibility index (Phi) is 7.68. The average Bonchev–Trinajstić information content (AvgIpc) is 2.62. The van der Waals surface area contributed by atoms with Crippen LogP contribution in [-0.2, 0) is 4.79 Å². The molecule has 0 heterocycles. The molecule has 0 radical (unpaired) electrons. The van der Waals surface area contributed by atoms with Crippen LogP contribution in [0.1, 0.15) is 35.7 Å². The number of ether oxygens (including phenoxy) is 1. The standard InChI is InChI=1S/C21H26N2O3/c1-16-8-6-11-19(14-16)26-13-7-12-22-20(24)15-17(2)23-21(25)18-9-4-3-5-10-18/h3-6,8-11,14,17H,7,12-13,15H2,1-2H3,(H,22,24)(H,23,25). The summed E-state index contributed by atoms with van der Waals surface area (Å²) in [7, 11) is 0. The van der Waals surface area contributed by atoms with Crippen LogP contribution in [0.3, 0.4) is 0 Å². The van der Waals surface area contributed by atoms with E-state index < -0.39 is 0 Å². The molecule has 2 aromatic carbocycles. The van der Waals surface area contributed by atoms with Crippen LogP contribution in [0.5, 0.6) is 5.75 Å². The lowest BCUT2D eigenvalue weighted by Gasteiger charge is -2.14. The van der Waals surface area contributed by atoms with E-state index in [0.29, 0.717) is 18.7 Å². The van der Waals surface area contributed by atoms with E-state index in [-0.39, 0.29) is 24.3 Å². The third kappa shape index (κ3) is 6.97. The quantitative estimate of drug-likeness (QED) is 0.680. The molecule has 0 saturated carbocycles. The number of hydrogen-bond donors (Lipinski definition) is 2. The second-order valence-electron chi connectivity index (χ2n) is 6.31. The van der Waals surface area contributed by atoms with Crippen molar-refractivity contribution in [3.8, 4) is 5.75 Å². The molecule has 0 fully saturated rings. The van der Waals surface area contributed by atoms with Gasteiger partial charge in [-0.25, -0.2) is 0 Å². The molecule has 0 spiro atoms. The summed E-state index contributed by atoms with van der Waals surface area (Å²) in [5, 5.41) is 5.68. The fourth-order valence-electron chi connectivity index (χ4n) is 2.49. The van der Waals surface area contributed by atoms with Crippen molar-refractivity contribution in [3.05, 3.63) is 65.7 Å². The smallest absolute Gasteiger partial charge is 0.251 e. The van der Waals surface area contributed by atoms with Crippen molar-refractivity contribution in [3.63, 3.8) is 0 Å². The fourth-order valence-corrected chi connectivity index (χ4v) is 2.49. The van der Waals surface area contributed by atoms with Crippen LogP contribution in [0.25, 0.3) is 0 Å². The normalized spacial score (nSPS) is 11.5. The Balaban J connectivity index is 1.60. The molecule has 0 aliphatic heterocycles. The molecule has 1 atom stereocenters. The van der Waals surface area contributed by atoms with Gasteiger partial charge in [-0.05, 0) is 50.1 Å². The first-order valence-electron chi connectivity index (χ1n) is 8.86. The second kappa shape index (κ2) is 10.2. The van der Waals surface area contributed by atoms with E-state index in [1.165, 1.54) is 0 Å². The molecule has 5 nitrogen and oxygen atoms in total. The molecule has 0 bridgehead atoms. The summed E-state index contributed by atoms with van der Waals surface area (Å²) in [5.74, 6) is 0.590. The summed E-state index contributed by atoms with van der Waals surface area (Å²) in [4.78, 5) is 24.0. The molecule has 26 heavy (non-hydrogen) atoms. The van der Waals surface area contributed by atoms with Crippen LogP contribution < -0.4 is 15.4 Å². The third-order valence-electron chi connectivity index (χ3n) is 3.81. The van der Waals surface area contributed by atoms with E-state index in [1.54, 1.807) is 12.1 Å². The number of carbonyl (C=O) groups excluding carboxylic acids is 2. The van der Waals surface area contributed by atoms with Crippen molar-refractivity contribution in [2.45, 2.75) is 32.7 Å². The molecule has 2 amide bonds. The van der Waals surface area contributed by atoms with Crippen LogP contribution in [0.4, 0.5) is 0 Å². The van der Waals surface area contributed by atoms with Crippen LogP contribution in [0, 0.1) is 6.92 Å². The fraction of sp³-hybridized carbons (Fsp3) is 0.333. The van der Waals surface area contributed by atoms with E-state index in [1.807, 2.05) is 56.3 Å². The van der Waals surface area contributed by atoms with Crippen molar-refractivity contribution in [2.24, 2.45) is 0 Å². The topological polar surface area (TPSA) is 67.4 Å². The van der Waals surface area contributed by atoms with E-state index >= 15 is 0 Å². The first kappa shape index (κ1) is 19.5. The van der Waals surface area contributed by atoms with Gasteiger partial charge in [0.25, 0.3) is 5.91 Å². The van der Waals surface area contributed by atoms with E-state index in [0.717, 1.165) is 17.7 Å². The third-order valence-corrected chi connectivity index (χ3v) is 3.81. The van der Waals surface area contributed by atoms with Crippen molar-refractivity contribution in [2.75, 3.05) is 13.2 Å². The zero-order valence-electron chi connectivity index (χ0n) is 15.3. The zero-order valence-corrected chi connectivity index (χ0v) is 15.3. The predicted molar refractivity (Wildman–Crippen MR) is 102 cm³/mol. The molecule has 2 rings (SSSR count). The zero-order chi connectivity index (χ0) is 18.8. The van der Waals surface area contributed by atoms with Crippen molar-refractivity contribution < 1.29 is 14.3 Å². The maximum Gasteiger partial charge on any atom is 0.251 e. The van der Waals surface area contributed by atoms with Gasteiger partial charge >= 0.3 is 0 Å². The molecule has 5 heteroatoms. The van der Waals surface area contributed by atoms with Gasteiger partial charge in [0.2, 0.25) is 5.91 Å². The number of carbonyl (C=O) groups is 2. The summed E-state index contributed by atoms with van der Waals surface area (Å²) >= 11 is 0. The van der Waals surface area contributed by atoms with Gasteiger partial charge in [0.05, 0.1) is 6.61 Å². The van der Waals surface area contributed by atoms with E-state index in [4.69, 9.17) is 4.74 Å². The molecule has 0 saturated heterocycles. The van der Waals surface area contributed by atoms with Gasteiger partial charge < -0.3 is 15.4 Å². The van der Waals surface area contributed by atoms with E-state index in [2.05, 4.69) is 10.6 Å². The molecular formula is C21H26N2O3. The number of hydrogen-bond acceptors (Lipinski definition) is 3. The molecular weight excluding hydrogens is 328 g/mol. The Hall–Kier alpha value is -2.82. The lowest BCUT2D eigenvalue weighted by atomic mass is 10.1. The minimum Gasteiger partial charge on any atom is -0.494 e. The van der Waals surface area contributed by atoms with Gasteiger partial charge in [-0.15, -0.1) is 0 Å². The Morgan fingerprint density at radius 3 is 2.58 bits per heavy atom. The number of aryl methyl sites for hydroxylation is 1. The molecule has 0 aromatic heterocycles. The Morgan fingerprint density at radius 2 is 1.85 bits per heavy atom. The first-order chi connectivity index (χ1) is 12.5. The van der Waals surface area contributed by atoms with Crippen molar-refractivity contribution >= 4 is 11.8 Å². The second-order valence-corrected chi connectivity index (χ2v) is 6.31. The Labute approximate surface area is 154 Å². The molecule has 1 unspecified atom stereocenters. The van der Waals surface area contributed by atoms with Gasteiger partial charge in [0.15, 0.2) is 0 Å². The van der Waals surface area contributed by atoms with Crippen molar-refractivity contribution in [1.29, 1.82) is 0 Å². The Morgan fingerprint density at radius 1 is 1.08 bits per heavy atom. The van der Waals surface area contributed by atoms with Gasteiger partial charge in [-0.2, -0.15) is 0 Å². The number of rotatable bonds is 9. The molecule has 2 aromatic rings. The molecule has 0 aliphatic rings. The highest BCUT2D eigenvalue weighted by Gasteiger charge is 2.12. The van der Waals surface area contributed by atoms with Gasteiger partial charge in [0.1, 0.15) is 5.75 Å². The van der Waals surface area contributed by atoms with Crippen LogP contribution in [0.15, 0.2) is 54.6 Å². The highest BCUT2D eigenvalue weighted by atomic mass is 16.5. The summed E-state index contributed by atoms with van der Waals surface area (Å²) < 4.78 is 5.64. The highest BCUT2D eigenvalue weighted by Crippen LogP contribution is 2.12. The van der Waals surface area contributed by atoms with Gasteiger partial charge in [0, 0.05) is 24.6 Å². The van der Waals surface area contributed by atoms with E-state index in [9.17, 15) is 9.59 Å². The summed E-state index contributed by atoms with van der Waals surface area (Å²) in [6, 6.07) is 16.6. The molecule has 0 aliphatic carbocycles. The summed E-state index contributed by atoms with van der Waals surface area (Å²) in [6.07, 6.45) is 0.974. The lowest BCUT2D eigenvalue weighted by molar-refractivity contribution is -0.121. The minimum absolute atomic E-state index is 0.0820. The number of amides is 2. The molecule has 138 valence electrons. The van der Waals surface area contributed by atoms with Crippen molar-refractivity contribution in [1.82, 2.24) is 10.6 Å². The number of nitrogens with one attached hydrogen (secondary N) is 2. The first-order valence-corrected chi connectivity index (χ1v) is 8.86. The van der Waals surface area contributed by atoms with Crippen LogP contribution in [0.2, 0.25) is 0 Å². The summed E-state index contributed by atoms with van der Waals surface area (Å²) in [5.41, 5.74) is 1.75. The van der Waals surface area contributed by atoms with Gasteiger partial charge in [-0.3, -0.25) is 9.59 Å². The highest BCUT2D eigenvalue weighted by molar-refractivity contribution is 5.94. The maximum absolute atomic E-state index is 12.0. The molecule has 2 N–H and O–H groups in total. The summed E-state index contributed by atoms with van der Waals surface area (Å²) in [6.45, 7) is 4.93. The number of benzene rings is 2. The maximum atomic E-state index is 12.0. The van der Waals surface area contributed by atoms with Crippen LogP contribution in [-0.4, -0.2) is 31.0 Å². The minimum atomic E-state index is -0.230. The largest absolute Gasteiger partial charge is 0.494 e.